The van der Waals surface area contributed by atoms with E-state index in [2.05, 4.69) is 47.6 Å². The monoisotopic (exact) mass is 241 g/mol. The van der Waals surface area contributed by atoms with Crippen molar-refractivity contribution in [2.45, 2.75) is 19.9 Å². The van der Waals surface area contributed by atoms with Gasteiger partial charge in [0.1, 0.15) is 5.82 Å². The van der Waals surface area contributed by atoms with Crippen LogP contribution in [0.5, 0.6) is 0 Å². The largest absolute Gasteiger partial charge is 0.383 e. The highest BCUT2D eigenvalue weighted by atomic mass is 14.9. The minimum absolute atomic E-state index is 0.0808. The summed E-state index contributed by atoms with van der Waals surface area (Å²) in [5.41, 5.74) is 10.6. The molecule has 0 aliphatic rings. The smallest absolute Gasteiger partial charge is 0.128 e. The molecule has 0 aliphatic heterocycles. The number of aryl methyl sites for hydroxylation is 2. The van der Waals surface area contributed by atoms with E-state index in [0.29, 0.717) is 5.82 Å². The molecule has 0 saturated heterocycles. The maximum atomic E-state index is 5.99. The van der Waals surface area contributed by atoms with E-state index in [4.69, 9.17) is 5.73 Å². The quantitative estimate of drug-likeness (QED) is 0.868. The summed E-state index contributed by atoms with van der Waals surface area (Å²) in [6.07, 6.45) is 1.79. The van der Waals surface area contributed by atoms with Gasteiger partial charge in [0.05, 0.1) is 6.04 Å². The van der Waals surface area contributed by atoms with Crippen molar-refractivity contribution in [2.75, 3.05) is 12.8 Å². The molecule has 1 aromatic heterocycles. The van der Waals surface area contributed by atoms with Crippen molar-refractivity contribution in [3.63, 3.8) is 0 Å². The average Bonchev–Trinajstić information content (AvgIpc) is 2.35. The molecule has 1 atom stereocenters. The van der Waals surface area contributed by atoms with E-state index >= 15 is 0 Å². The number of nitrogens with one attached hydrogen (secondary N) is 1. The number of aromatic nitrogens is 1. The van der Waals surface area contributed by atoms with Crippen LogP contribution in [0.15, 0.2) is 36.5 Å². The van der Waals surface area contributed by atoms with Gasteiger partial charge in [0, 0.05) is 11.8 Å². The Labute approximate surface area is 108 Å². The lowest BCUT2D eigenvalue weighted by atomic mass is 9.97. The highest BCUT2D eigenvalue weighted by Crippen LogP contribution is 2.26. The van der Waals surface area contributed by atoms with Gasteiger partial charge in [0.15, 0.2) is 0 Å². The Morgan fingerprint density at radius 1 is 1.17 bits per heavy atom. The first-order valence-corrected chi connectivity index (χ1v) is 6.07. The highest BCUT2D eigenvalue weighted by Gasteiger charge is 2.15. The molecule has 1 unspecified atom stereocenters. The molecule has 3 N–H and O–H groups in total. The molecule has 18 heavy (non-hydrogen) atoms. The topological polar surface area (TPSA) is 50.9 Å². The van der Waals surface area contributed by atoms with E-state index in [1.165, 1.54) is 11.1 Å². The second kappa shape index (κ2) is 5.19. The zero-order valence-corrected chi connectivity index (χ0v) is 11.1. The van der Waals surface area contributed by atoms with Crippen molar-refractivity contribution in [1.82, 2.24) is 10.3 Å². The summed E-state index contributed by atoms with van der Waals surface area (Å²) in [5, 5.41) is 3.31. The van der Waals surface area contributed by atoms with Gasteiger partial charge in [-0.25, -0.2) is 4.98 Å². The van der Waals surface area contributed by atoms with Gasteiger partial charge in [-0.05, 0) is 38.1 Å². The van der Waals surface area contributed by atoms with Crippen LogP contribution in [0.3, 0.4) is 0 Å². The van der Waals surface area contributed by atoms with Gasteiger partial charge in [0.2, 0.25) is 0 Å². The number of rotatable bonds is 3. The molecule has 0 saturated carbocycles. The normalized spacial score (nSPS) is 12.4. The number of anilines is 1. The molecule has 94 valence electrons. The molecule has 0 amide bonds. The van der Waals surface area contributed by atoms with E-state index < -0.39 is 0 Å². The molecule has 3 heteroatoms. The molecule has 0 radical (unpaired) electrons. The Hall–Kier alpha value is -1.87. The van der Waals surface area contributed by atoms with Crippen molar-refractivity contribution in [3.05, 3.63) is 58.8 Å². The number of hydrogen-bond acceptors (Lipinski definition) is 3. The fraction of sp³-hybridized carbons (Fsp3) is 0.267. The van der Waals surface area contributed by atoms with Crippen LogP contribution >= 0.6 is 0 Å². The lowest BCUT2D eigenvalue weighted by Gasteiger charge is -2.19. The van der Waals surface area contributed by atoms with Crippen LogP contribution in [0.2, 0.25) is 0 Å². The van der Waals surface area contributed by atoms with Crippen LogP contribution in [0.1, 0.15) is 28.3 Å². The minimum atomic E-state index is 0.0808. The van der Waals surface area contributed by atoms with Gasteiger partial charge in [-0.2, -0.15) is 0 Å². The Morgan fingerprint density at radius 2 is 1.94 bits per heavy atom. The predicted octanol–water partition coefficient (Wildman–Crippen LogP) is 2.59. The van der Waals surface area contributed by atoms with Crippen LogP contribution in [-0.2, 0) is 0 Å². The van der Waals surface area contributed by atoms with Gasteiger partial charge in [-0.15, -0.1) is 0 Å². The second-order valence-corrected chi connectivity index (χ2v) is 4.62. The number of pyridine rings is 1. The first-order chi connectivity index (χ1) is 8.61. The summed E-state index contributed by atoms with van der Waals surface area (Å²) >= 11 is 0. The molecule has 1 aromatic carbocycles. The van der Waals surface area contributed by atoms with Crippen molar-refractivity contribution >= 4 is 5.82 Å². The fourth-order valence-corrected chi connectivity index (χ4v) is 2.19. The molecule has 1 heterocycles. The third-order valence-electron chi connectivity index (χ3n) is 3.06. The van der Waals surface area contributed by atoms with Crippen LogP contribution in [0, 0.1) is 13.8 Å². The molecule has 0 bridgehead atoms. The maximum Gasteiger partial charge on any atom is 0.128 e. The second-order valence-electron chi connectivity index (χ2n) is 4.62. The van der Waals surface area contributed by atoms with E-state index in [1.54, 1.807) is 6.20 Å². The Kier molecular flexibility index (Phi) is 3.63. The lowest BCUT2D eigenvalue weighted by Crippen LogP contribution is -2.19. The first-order valence-electron chi connectivity index (χ1n) is 6.07. The van der Waals surface area contributed by atoms with E-state index in [9.17, 15) is 0 Å². The van der Waals surface area contributed by atoms with Crippen LogP contribution < -0.4 is 11.1 Å². The van der Waals surface area contributed by atoms with Gasteiger partial charge in [-0.1, -0.05) is 29.8 Å². The summed E-state index contributed by atoms with van der Waals surface area (Å²) in [5.74, 6) is 0.585. The predicted molar refractivity (Wildman–Crippen MR) is 75.5 cm³/mol. The standard InChI is InChI=1S/C15H19N3/c1-10-5-4-6-12(7-10)14(17-3)13-8-11(2)9-18-15(13)16/h4-9,14,17H,1-3H3,(H2,16,18). The molecule has 3 nitrogen and oxygen atoms in total. The summed E-state index contributed by atoms with van der Waals surface area (Å²) in [6.45, 7) is 4.12. The zero-order chi connectivity index (χ0) is 13.1. The Bertz CT molecular complexity index is 549. The van der Waals surface area contributed by atoms with E-state index in [-0.39, 0.29) is 6.04 Å². The molecule has 0 spiro atoms. The zero-order valence-electron chi connectivity index (χ0n) is 11.1. The lowest BCUT2D eigenvalue weighted by molar-refractivity contribution is 0.690. The molecular weight excluding hydrogens is 222 g/mol. The summed E-state index contributed by atoms with van der Waals surface area (Å²) in [4.78, 5) is 4.23. The number of nitrogens with zero attached hydrogens (tertiary/aromatic N) is 1. The summed E-state index contributed by atoms with van der Waals surface area (Å²) in [6, 6.07) is 10.6. The minimum Gasteiger partial charge on any atom is -0.383 e. The van der Waals surface area contributed by atoms with E-state index in [0.717, 1.165) is 11.1 Å². The Balaban J connectivity index is 2.48. The van der Waals surface area contributed by atoms with Crippen molar-refractivity contribution in [3.8, 4) is 0 Å². The number of nitrogens with two attached hydrogens (primary N) is 1. The van der Waals surface area contributed by atoms with Crippen molar-refractivity contribution in [2.24, 2.45) is 0 Å². The number of benzene rings is 1. The van der Waals surface area contributed by atoms with Crippen molar-refractivity contribution in [1.29, 1.82) is 0 Å². The van der Waals surface area contributed by atoms with E-state index in [1.807, 2.05) is 14.0 Å². The Morgan fingerprint density at radius 3 is 2.61 bits per heavy atom. The highest BCUT2D eigenvalue weighted by molar-refractivity contribution is 5.47. The molecular formula is C15H19N3. The van der Waals surface area contributed by atoms with Crippen LogP contribution in [-0.4, -0.2) is 12.0 Å². The number of hydrogen-bond donors (Lipinski definition) is 2. The maximum absolute atomic E-state index is 5.99. The van der Waals surface area contributed by atoms with Gasteiger partial charge in [-0.3, -0.25) is 0 Å². The van der Waals surface area contributed by atoms with Gasteiger partial charge in [0.25, 0.3) is 0 Å². The van der Waals surface area contributed by atoms with Gasteiger partial charge < -0.3 is 11.1 Å². The molecule has 2 rings (SSSR count). The third kappa shape index (κ3) is 2.51. The summed E-state index contributed by atoms with van der Waals surface area (Å²) < 4.78 is 0. The average molecular weight is 241 g/mol. The molecule has 0 aliphatic carbocycles. The third-order valence-corrected chi connectivity index (χ3v) is 3.06. The molecule has 2 aromatic rings. The van der Waals surface area contributed by atoms with Crippen molar-refractivity contribution < 1.29 is 0 Å². The van der Waals surface area contributed by atoms with Gasteiger partial charge >= 0.3 is 0 Å². The van der Waals surface area contributed by atoms with Crippen LogP contribution in [0.25, 0.3) is 0 Å². The van der Waals surface area contributed by atoms with Crippen LogP contribution in [0.4, 0.5) is 5.82 Å². The fourth-order valence-electron chi connectivity index (χ4n) is 2.19. The number of nitrogen functional groups attached to an aromatic ring is 1. The molecule has 0 fully saturated rings. The SMILES string of the molecule is CNC(c1cccc(C)c1)c1cc(C)cnc1N. The first kappa shape index (κ1) is 12.6. The summed E-state index contributed by atoms with van der Waals surface area (Å²) in [7, 11) is 1.94.